The van der Waals surface area contributed by atoms with Crippen LogP contribution in [0.2, 0.25) is 0 Å². The monoisotopic (exact) mass is 351 g/mol. The van der Waals surface area contributed by atoms with Crippen LogP contribution in [0.5, 0.6) is 0 Å². The van der Waals surface area contributed by atoms with E-state index in [4.69, 9.17) is 9.51 Å². The molecule has 4 heterocycles. The van der Waals surface area contributed by atoms with Gasteiger partial charge in [-0.1, -0.05) is 5.16 Å². The number of piperidine rings is 1. The molecule has 0 radical (unpaired) electrons. The zero-order valence-electron chi connectivity index (χ0n) is 14.9. The molecule has 1 fully saturated rings. The van der Waals surface area contributed by atoms with Gasteiger partial charge in [0.1, 0.15) is 5.76 Å². The van der Waals surface area contributed by atoms with E-state index in [-0.39, 0.29) is 6.10 Å². The van der Waals surface area contributed by atoms with Crippen LogP contribution in [0.15, 0.2) is 35.2 Å². The van der Waals surface area contributed by atoms with Gasteiger partial charge in [0.05, 0.1) is 23.1 Å². The van der Waals surface area contributed by atoms with Crippen molar-refractivity contribution >= 4 is 5.95 Å². The van der Waals surface area contributed by atoms with Crippen LogP contribution >= 0.6 is 0 Å². The number of aliphatic hydroxyl groups excluding tert-OH is 1. The van der Waals surface area contributed by atoms with E-state index in [1.54, 1.807) is 12.4 Å². The van der Waals surface area contributed by atoms with Crippen LogP contribution in [-0.4, -0.2) is 44.4 Å². The fourth-order valence-corrected chi connectivity index (χ4v) is 3.42. The van der Waals surface area contributed by atoms with Crippen LogP contribution in [0.25, 0.3) is 22.4 Å². The van der Waals surface area contributed by atoms with Crippen LogP contribution in [-0.2, 0) is 0 Å². The number of rotatable bonds is 3. The Morgan fingerprint density at radius 1 is 1.23 bits per heavy atom. The van der Waals surface area contributed by atoms with E-state index in [1.165, 1.54) is 0 Å². The van der Waals surface area contributed by atoms with E-state index in [1.807, 2.05) is 37.1 Å². The lowest BCUT2D eigenvalue weighted by Gasteiger charge is -2.30. The van der Waals surface area contributed by atoms with Gasteiger partial charge in [0, 0.05) is 37.2 Å². The summed E-state index contributed by atoms with van der Waals surface area (Å²) >= 11 is 0. The van der Waals surface area contributed by atoms with Gasteiger partial charge in [0.15, 0.2) is 0 Å². The van der Waals surface area contributed by atoms with Gasteiger partial charge in [-0.25, -0.2) is 9.97 Å². The number of β-amino-alcohol motifs (C(OH)–C–C–N with tert-alkyl or cyclic N) is 1. The minimum atomic E-state index is -0.338. The van der Waals surface area contributed by atoms with Crippen LogP contribution in [0.1, 0.15) is 24.3 Å². The highest BCUT2D eigenvalue weighted by atomic mass is 16.5. The number of aromatic nitrogens is 4. The lowest BCUT2D eigenvalue weighted by molar-refractivity contribution is 0.153. The van der Waals surface area contributed by atoms with Gasteiger partial charge >= 0.3 is 0 Å². The molecule has 1 aliphatic heterocycles. The Bertz CT molecular complexity index is 890. The Morgan fingerprint density at radius 2 is 2.04 bits per heavy atom. The fourth-order valence-electron chi connectivity index (χ4n) is 3.42. The van der Waals surface area contributed by atoms with E-state index >= 15 is 0 Å². The molecule has 1 unspecified atom stereocenters. The second kappa shape index (κ2) is 6.84. The third-order valence-corrected chi connectivity index (χ3v) is 4.72. The second-order valence-electron chi connectivity index (χ2n) is 6.61. The molecule has 4 rings (SSSR count). The summed E-state index contributed by atoms with van der Waals surface area (Å²) in [5, 5.41) is 14.1. The van der Waals surface area contributed by atoms with Crippen LogP contribution in [0.3, 0.4) is 0 Å². The summed E-state index contributed by atoms with van der Waals surface area (Å²) in [5.41, 5.74) is 4.36. The number of anilines is 1. The molecule has 1 atom stereocenters. The lowest BCUT2D eigenvalue weighted by atomic mass is 10.0. The van der Waals surface area contributed by atoms with Crippen LogP contribution in [0.4, 0.5) is 5.95 Å². The summed E-state index contributed by atoms with van der Waals surface area (Å²) in [6.45, 7) is 5.19. The molecule has 0 amide bonds. The maximum absolute atomic E-state index is 9.99. The zero-order valence-corrected chi connectivity index (χ0v) is 14.9. The molecule has 1 saturated heterocycles. The van der Waals surface area contributed by atoms with E-state index in [2.05, 4.69) is 15.1 Å². The average Bonchev–Trinajstić information content (AvgIpc) is 3.00. The SMILES string of the molecule is Cc1noc(C)c1-c1nc(N2CCCC(O)C2)ncc1-c1ccncc1. The first kappa shape index (κ1) is 16.7. The molecule has 1 aliphatic rings. The van der Waals surface area contributed by atoms with E-state index in [0.29, 0.717) is 12.5 Å². The van der Waals surface area contributed by atoms with E-state index in [0.717, 1.165) is 53.2 Å². The largest absolute Gasteiger partial charge is 0.391 e. The van der Waals surface area contributed by atoms with Crippen molar-refractivity contribution in [1.82, 2.24) is 20.1 Å². The standard InChI is InChI=1S/C19H21N5O2/c1-12-17(13(2)26-23-12)18-16(14-5-7-20-8-6-14)10-21-19(22-18)24-9-3-4-15(25)11-24/h5-8,10,15,25H,3-4,9,11H2,1-2H3. The third kappa shape index (κ3) is 3.06. The molecule has 0 bridgehead atoms. The normalized spacial score (nSPS) is 17.5. The summed E-state index contributed by atoms with van der Waals surface area (Å²) < 4.78 is 5.37. The molecule has 1 N–H and O–H groups in total. The Morgan fingerprint density at radius 3 is 2.73 bits per heavy atom. The summed E-state index contributed by atoms with van der Waals surface area (Å²) in [4.78, 5) is 15.6. The van der Waals surface area contributed by atoms with Crippen molar-refractivity contribution in [1.29, 1.82) is 0 Å². The molecule has 0 spiro atoms. The predicted octanol–water partition coefficient (Wildman–Crippen LogP) is 2.77. The first-order valence-electron chi connectivity index (χ1n) is 8.77. The summed E-state index contributed by atoms with van der Waals surface area (Å²) in [5.74, 6) is 1.35. The molecular weight excluding hydrogens is 330 g/mol. The molecule has 7 heteroatoms. The Hall–Kier alpha value is -2.80. The lowest BCUT2D eigenvalue weighted by Crippen LogP contribution is -2.39. The minimum absolute atomic E-state index is 0.338. The van der Waals surface area contributed by atoms with Crippen molar-refractivity contribution in [3.8, 4) is 22.4 Å². The Labute approximate surface area is 151 Å². The molecule has 7 nitrogen and oxygen atoms in total. The quantitative estimate of drug-likeness (QED) is 0.776. The van der Waals surface area contributed by atoms with Crippen molar-refractivity contribution in [2.45, 2.75) is 32.8 Å². The van der Waals surface area contributed by atoms with E-state index in [9.17, 15) is 5.11 Å². The summed E-state index contributed by atoms with van der Waals surface area (Å²) in [6.07, 6.45) is 6.75. The highest BCUT2D eigenvalue weighted by Crippen LogP contribution is 2.35. The zero-order chi connectivity index (χ0) is 18.1. The molecule has 26 heavy (non-hydrogen) atoms. The highest BCUT2D eigenvalue weighted by molar-refractivity contribution is 5.82. The Kier molecular flexibility index (Phi) is 4.38. The molecule has 3 aromatic rings. The number of nitrogens with zero attached hydrogens (tertiary/aromatic N) is 5. The number of pyridine rings is 1. The second-order valence-corrected chi connectivity index (χ2v) is 6.61. The van der Waals surface area contributed by atoms with Gasteiger partial charge < -0.3 is 14.5 Å². The summed E-state index contributed by atoms with van der Waals surface area (Å²) in [6, 6.07) is 3.87. The van der Waals surface area contributed by atoms with Gasteiger partial charge in [-0.05, 0) is 44.4 Å². The topological polar surface area (TPSA) is 88.2 Å². The first-order valence-corrected chi connectivity index (χ1v) is 8.77. The van der Waals surface area contributed by atoms with Crippen molar-refractivity contribution in [3.63, 3.8) is 0 Å². The van der Waals surface area contributed by atoms with Gasteiger partial charge in [-0.3, -0.25) is 4.98 Å². The highest BCUT2D eigenvalue weighted by Gasteiger charge is 2.23. The molecule has 3 aromatic heterocycles. The predicted molar refractivity (Wildman–Crippen MR) is 97.7 cm³/mol. The molecule has 0 saturated carbocycles. The fraction of sp³-hybridized carbons (Fsp3) is 0.368. The number of aryl methyl sites for hydroxylation is 2. The van der Waals surface area contributed by atoms with Gasteiger partial charge in [0.25, 0.3) is 0 Å². The molecule has 134 valence electrons. The Balaban J connectivity index is 1.85. The third-order valence-electron chi connectivity index (χ3n) is 4.72. The van der Waals surface area contributed by atoms with Crippen molar-refractivity contribution in [2.24, 2.45) is 0 Å². The number of aliphatic hydroxyl groups is 1. The minimum Gasteiger partial charge on any atom is -0.391 e. The van der Waals surface area contributed by atoms with Crippen molar-refractivity contribution in [3.05, 3.63) is 42.2 Å². The number of hydrogen-bond donors (Lipinski definition) is 1. The van der Waals surface area contributed by atoms with Gasteiger partial charge in [-0.15, -0.1) is 0 Å². The van der Waals surface area contributed by atoms with E-state index < -0.39 is 0 Å². The van der Waals surface area contributed by atoms with Crippen LogP contribution in [0, 0.1) is 13.8 Å². The molecular formula is C19H21N5O2. The maximum atomic E-state index is 9.99. The number of hydrogen-bond acceptors (Lipinski definition) is 7. The molecule has 0 aliphatic carbocycles. The van der Waals surface area contributed by atoms with Crippen molar-refractivity contribution < 1.29 is 9.63 Å². The smallest absolute Gasteiger partial charge is 0.225 e. The maximum Gasteiger partial charge on any atom is 0.225 e. The first-order chi connectivity index (χ1) is 12.6. The molecule has 0 aromatic carbocycles. The average molecular weight is 351 g/mol. The van der Waals surface area contributed by atoms with Crippen molar-refractivity contribution in [2.75, 3.05) is 18.0 Å². The van der Waals surface area contributed by atoms with Gasteiger partial charge in [0.2, 0.25) is 5.95 Å². The summed E-state index contributed by atoms with van der Waals surface area (Å²) in [7, 11) is 0. The van der Waals surface area contributed by atoms with Crippen LogP contribution < -0.4 is 4.90 Å². The van der Waals surface area contributed by atoms with Gasteiger partial charge in [-0.2, -0.15) is 0 Å².